The van der Waals surface area contributed by atoms with Gasteiger partial charge in [0, 0.05) is 30.6 Å². The minimum absolute atomic E-state index is 0.244. The van der Waals surface area contributed by atoms with Crippen molar-refractivity contribution in [1.82, 2.24) is 9.21 Å². The van der Waals surface area contributed by atoms with Crippen LogP contribution in [-0.2, 0) is 15.9 Å². The highest BCUT2D eigenvalue weighted by Crippen LogP contribution is 2.34. The first-order chi connectivity index (χ1) is 9.40. The minimum atomic E-state index is -3.43. The van der Waals surface area contributed by atoms with Crippen molar-refractivity contribution in [3.8, 4) is 0 Å². The second-order valence-corrected chi connectivity index (χ2v) is 9.45. The highest BCUT2D eigenvalue weighted by Gasteiger charge is 2.33. The van der Waals surface area contributed by atoms with Gasteiger partial charge in [0.25, 0.3) is 0 Å². The lowest BCUT2D eigenvalue weighted by molar-refractivity contribution is 0.135. The van der Waals surface area contributed by atoms with Crippen molar-refractivity contribution >= 4 is 48.9 Å². The van der Waals surface area contributed by atoms with E-state index in [1.807, 2.05) is 0 Å². The number of piperazine rings is 1. The van der Waals surface area contributed by atoms with E-state index in [1.165, 1.54) is 11.3 Å². The molecule has 1 aliphatic heterocycles. The van der Waals surface area contributed by atoms with Crippen molar-refractivity contribution in [2.24, 2.45) is 0 Å². The summed E-state index contributed by atoms with van der Waals surface area (Å²) in [5, 5.41) is 0. The summed E-state index contributed by atoms with van der Waals surface area (Å²) in [5.74, 6) is 0.332. The summed E-state index contributed by atoms with van der Waals surface area (Å²) in [6, 6.07) is 1.92. The molecule has 1 atom stereocenters. The Morgan fingerprint density at radius 3 is 2.70 bits per heavy atom. The van der Waals surface area contributed by atoms with Crippen LogP contribution in [0.4, 0.5) is 0 Å². The van der Waals surface area contributed by atoms with Crippen LogP contribution in [0.5, 0.6) is 0 Å². The molecule has 0 N–H and O–H groups in total. The van der Waals surface area contributed by atoms with Crippen molar-refractivity contribution in [2.75, 3.05) is 26.2 Å². The Hall–Kier alpha value is 0.340. The fourth-order valence-corrected chi connectivity index (χ4v) is 6.66. The fraction of sp³-hybridized carbons (Fsp3) is 0.667. The standard InChI is InChI=1S/C12H18BrClN2O2S2/c1-3-15-4-5-16(8-9(15)2)20(17,18)11-6-10(7-14)19-12(11)13/h6,9H,3-5,7-8H2,1-2H3. The third-order valence-corrected chi connectivity index (χ3v) is 8.15. The Balaban J connectivity index is 2.25. The average molecular weight is 402 g/mol. The zero-order valence-electron chi connectivity index (χ0n) is 11.5. The molecular formula is C12H18BrClN2O2S2. The first-order valence-electron chi connectivity index (χ1n) is 6.48. The molecule has 1 aromatic heterocycles. The van der Waals surface area contributed by atoms with E-state index in [0.29, 0.717) is 27.7 Å². The van der Waals surface area contributed by atoms with Gasteiger partial charge in [-0.3, -0.25) is 4.90 Å². The van der Waals surface area contributed by atoms with Crippen LogP contribution in [0.1, 0.15) is 18.7 Å². The number of sulfonamides is 1. The van der Waals surface area contributed by atoms with E-state index in [0.717, 1.165) is 18.0 Å². The monoisotopic (exact) mass is 400 g/mol. The molecule has 4 nitrogen and oxygen atoms in total. The number of hydrogen-bond donors (Lipinski definition) is 0. The van der Waals surface area contributed by atoms with Gasteiger partial charge in [-0.1, -0.05) is 6.92 Å². The van der Waals surface area contributed by atoms with Crippen molar-refractivity contribution in [3.63, 3.8) is 0 Å². The zero-order valence-corrected chi connectivity index (χ0v) is 15.4. The van der Waals surface area contributed by atoms with Crippen LogP contribution in [0.3, 0.4) is 0 Å². The molecule has 2 heterocycles. The molecule has 0 spiro atoms. The Kier molecular flexibility index (Phi) is 5.53. The van der Waals surface area contributed by atoms with E-state index in [2.05, 4.69) is 34.7 Å². The van der Waals surface area contributed by atoms with Crippen LogP contribution in [0.2, 0.25) is 0 Å². The second-order valence-electron chi connectivity index (χ2n) is 4.82. The summed E-state index contributed by atoms with van der Waals surface area (Å²) in [5.41, 5.74) is 0. The van der Waals surface area contributed by atoms with Gasteiger partial charge in [-0.2, -0.15) is 4.31 Å². The van der Waals surface area contributed by atoms with E-state index in [-0.39, 0.29) is 6.04 Å². The summed E-state index contributed by atoms with van der Waals surface area (Å²) >= 11 is 10.5. The van der Waals surface area contributed by atoms with E-state index in [4.69, 9.17) is 11.6 Å². The van der Waals surface area contributed by atoms with Crippen LogP contribution >= 0.6 is 38.9 Å². The second kappa shape index (κ2) is 6.62. The van der Waals surface area contributed by atoms with Gasteiger partial charge in [0.15, 0.2) is 0 Å². The van der Waals surface area contributed by atoms with Crippen molar-refractivity contribution in [3.05, 3.63) is 14.7 Å². The number of thiophene rings is 1. The molecule has 2 rings (SSSR count). The Morgan fingerprint density at radius 1 is 1.50 bits per heavy atom. The van der Waals surface area contributed by atoms with Crippen LogP contribution in [0.15, 0.2) is 14.7 Å². The Labute approximate surface area is 137 Å². The third kappa shape index (κ3) is 3.23. The molecule has 0 aliphatic carbocycles. The maximum Gasteiger partial charge on any atom is 0.245 e. The molecule has 0 amide bonds. The van der Waals surface area contributed by atoms with Gasteiger partial charge in [0.2, 0.25) is 10.0 Å². The molecule has 8 heteroatoms. The molecule has 1 saturated heterocycles. The van der Waals surface area contributed by atoms with Gasteiger partial charge in [-0.15, -0.1) is 22.9 Å². The van der Waals surface area contributed by atoms with Gasteiger partial charge in [-0.25, -0.2) is 8.42 Å². The lowest BCUT2D eigenvalue weighted by atomic mass is 10.2. The Morgan fingerprint density at radius 2 is 2.20 bits per heavy atom. The molecule has 114 valence electrons. The van der Waals surface area contributed by atoms with Crippen molar-refractivity contribution in [2.45, 2.75) is 30.7 Å². The number of likely N-dealkylation sites (N-methyl/N-ethyl adjacent to an activating group) is 1. The van der Waals surface area contributed by atoms with E-state index in [1.54, 1.807) is 10.4 Å². The summed E-state index contributed by atoms with van der Waals surface area (Å²) in [6.45, 7) is 6.98. The maximum absolute atomic E-state index is 12.7. The fourth-order valence-electron chi connectivity index (χ4n) is 2.43. The summed E-state index contributed by atoms with van der Waals surface area (Å²) < 4.78 is 27.7. The molecule has 1 aromatic rings. The molecule has 0 aromatic carbocycles. The SMILES string of the molecule is CCN1CCN(S(=O)(=O)c2cc(CCl)sc2Br)CC1C. The number of alkyl halides is 1. The van der Waals surface area contributed by atoms with E-state index in [9.17, 15) is 8.42 Å². The largest absolute Gasteiger partial charge is 0.298 e. The lowest BCUT2D eigenvalue weighted by Crippen LogP contribution is -2.53. The highest BCUT2D eigenvalue weighted by atomic mass is 79.9. The molecule has 0 radical (unpaired) electrons. The van der Waals surface area contributed by atoms with Crippen LogP contribution in [0.25, 0.3) is 0 Å². The summed E-state index contributed by atoms with van der Waals surface area (Å²) in [6.07, 6.45) is 0. The molecule has 1 aliphatic rings. The van der Waals surface area contributed by atoms with Crippen LogP contribution in [0, 0.1) is 0 Å². The summed E-state index contributed by atoms with van der Waals surface area (Å²) in [7, 11) is -3.43. The summed E-state index contributed by atoms with van der Waals surface area (Å²) in [4.78, 5) is 3.49. The highest BCUT2D eigenvalue weighted by molar-refractivity contribution is 9.11. The average Bonchev–Trinajstić information content (AvgIpc) is 2.80. The maximum atomic E-state index is 12.7. The molecule has 1 fully saturated rings. The molecular weight excluding hydrogens is 384 g/mol. The van der Waals surface area contributed by atoms with E-state index >= 15 is 0 Å². The number of nitrogens with zero attached hydrogens (tertiary/aromatic N) is 2. The van der Waals surface area contributed by atoms with Gasteiger partial charge in [-0.05, 0) is 35.5 Å². The third-order valence-electron chi connectivity index (χ3n) is 3.59. The van der Waals surface area contributed by atoms with Crippen molar-refractivity contribution < 1.29 is 8.42 Å². The molecule has 0 saturated carbocycles. The molecule has 1 unspecified atom stereocenters. The zero-order chi connectivity index (χ0) is 14.9. The predicted molar refractivity (Wildman–Crippen MR) is 87.0 cm³/mol. The number of halogens is 2. The van der Waals surface area contributed by atoms with Gasteiger partial charge in [0.05, 0.1) is 9.67 Å². The predicted octanol–water partition coefficient (Wildman–Crippen LogP) is 2.96. The van der Waals surface area contributed by atoms with Crippen LogP contribution in [-0.4, -0.2) is 49.8 Å². The first-order valence-corrected chi connectivity index (χ1v) is 10.1. The smallest absolute Gasteiger partial charge is 0.245 e. The van der Waals surface area contributed by atoms with Crippen LogP contribution < -0.4 is 0 Å². The normalized spacial score (nSPS) is 22.3. The van der Waals surface area contributed by atoms with Gasteiger partial charge in [0.1, 0.15) is 4.90 Å². The van der Waals surface area contributed by atoms with E-state index < -0.39 is 10.0 Å². The Bertz CT molecular complexity index is 576. The molecule has 0 bridgehead atoms. The topological polar surface area (TPSA) is 40.6 Å². The molecule has 20 heavy (non-hydrogen) atoms. The first kappa shape index (κ1) is 16.7. The number of hydrogen-bond acceptors (Lipinski definition) is 4. The number of rotatable bonds is 4. The lowest BCUT2D eigenvalue weighted by Gasteiger charge is -2.38. The van der Waals surface area contributed by atoms with Gasteiger partial charge < -0.3 is 0 Å². The quantitative estimate of drug-likeness (QED) is 0.728. The van der Waals surface area contributed by atoms with Gasteiger partial charge >= 0.3 is 0 Å². The minimum Gasteiger partial charge on any atom is -0.298 e. The van der Waals surface area contributed by atoms with Crippen molar-refractivity contribution in [1.29, 1.82) is 0 Å².